The Morgan fingerprint density at radius 1 is 1.33 bits per heavy atom. The lowest BCUT2D eigenvalue weighted by atomic mass is 10.1. The predicted octanol–water partition coefficient (Wildman–Crippen LogP) is 3.70. The second-order valence-electron chi connectivity index (χ2n) is 3.23. The van der Waals surface area contributed by atoms with E-state index in [1.54, 1.807) is 6.92 Å². The topological polar surface area (TPSA) is 35.5 Å². The number of carbonyl (C=O) groups is 1. The zero-order chi connectivity index (χ0) is 13.7. The van der Waals surface area contributed by atoms with Crippen molar-refractivity contribution in [2.75, 3.05) is 6.61 Å². The summed E-state index contributed by atoms with van der Waals surface area (Å²) < 4.78 is 33.2. The van der Waals surface area contributed by atoms with Crippen LogP contribution in [0.3, 0.4) is 0 Å². The van der Waals surface area contributed by atoms with Gasteiger partial charge in [0, 0.05) is 5.02 Å². The summed E-state index contributed by atoms with van der Waals surface area (Å²) in [5.41, 5.74) is 0.315. The minimum Gasteiger partial charge on any atom is -0.466 e. The highest BCUT2D eigenvalue weighted by atomic mass is 35.5. The highest BCUT2D eigenvalue weighted by Gasteiger charge is 2.15. The van der Waals surface area contributed by atoms with E-state index in [0.717, 1.165) is 0 Å². The maximum atomic E-state index is 12.1. The van der Waals surface area contributed by atoms with Crippen LogP contribution in [0.1, 0.15) is 12.5 Å². The summed E-state index contributed by atoms with van der Waals surface area (Å²) in [5, 5.41) is 0.141. The second-order valence-corrected chi connectivity index (χ2v) is 4.05. The molecule has 0 aromatic heterocycles. The summed E-state index contributed by atoms with van der Waals surface area (Å²) in [6.45, 7) is -1.11. The van der Waals surface area contributed by atoms with Gasteiger partial charge in [0.15, 0.2) is 0 Å². The van der Waals surface area contributed by atoms with E-state index in [9.17, 15) is 13.6 Å². The Hall–Kier alpha value is -1.07. The Kier molecular flexibility index (Phi) is 5.62. The first-order valence-electron chi connectivity index (χ1n) is 5.02. The Morgan fingerprint density at radius 2 is 2.00 bits per heavy atom. The van der Waals surface area contributed by atoms with Crippen molar-refractivity contribution in [3.63, 3.8) is 0 Å². The summed E-state index contributed by atoms with van der Waals surface area (Å²) in [5.74, 6) is -0.736. The molecule has 0 aliphatic carbocycles. The molecule has 100 valence electrons. The van der Waals surface area contributed by atoms with Crippen molar-refractivity contribution in [3.05, 3.63) is 27.7 Å². The van der Waals surface area contributed by atoms with E-state index in [4.69, 9.17) is 27.9 Å². The van der Waals surface area contributed by atoms with Gasteiger partial charge in [-0.15, -0.1) is 0 Å². The molecule has 0 spiro atoms. The number of esters is 1. The third-order valence-corrected chi connectivity index (χ3v) is 2.60. The zero-order valence-corrected chi connectivity index (χ0v) is 10.9. The van der Waals surface area contributed by atoms with E-state index in [-0.39, 0.29) is 28.8 Å². The molecule has 0 saturated carbocycles. The van der Waals surface area contributed by atoms with Gasteiger partial charge in [0.2, 0.25) is 0 Å². The maximum absolute atomic E-state index is 12.1. The SMILES string of the molecule is CCOC(=O)Cc1cc(OC(F)F)c(Cl)cc1Cl. The monoisotopic (exact) mass is 298 g/mol. The van der Waals surface area contributed by atoms with Crippen LogP contribution in [0.25, 0.3) is 0 Å². The van der Waals surface area contributed by atoms with Gasteiger partial charge in [0.25, 0.3) is 0 Å². The lowest BCUT2D eigenvalue weighted by Crippen LogP contribution is -2.09. The van der Waals surface area contributed by atoms with Crippen molar-refractivity contribution in [2.24, 2.45) is 0 Å². The summed E-state index contributed by atoms with van der Waals surface area (Å²) in [4.78, 5) is 11.3. The Labute approximate surface area is 113 Å². The summed E-state index contributed by atoms with van der Waals surface area (Å²) >= 11 is 11.5. The van der Waals surface area contributed by atoms with Gasteiger partial charge >= 0.3 is 12.6 Å². The molecule has 0 radical (unpaired) electrons. The van der Waals surface area contributed by atoms with E-state index < -0.39 is 12.6 Å². The number of hydrogen-bond donors (Lipinski definition) is 0. The van der Waals surface area contributed by atoms with Crippen molar-refractivity contribution in [1.29, 1.82) is 0 Å². The zero-order valence-electron chi connectivity index (χ0n) is 9.38. The van der Waals surface area contributed by atoms with Crippen LogP contribution >= 0.6 is 23.2 Å². The number of benzene rings is 1. The molecule has 0 atom stereocenters. The molecule has 1 rings (SSSR count). The van der Waals surface area contributed by atoms with Crippen molar-refractivity contribution >= 4 is 29.2 Å². The number of ether oxygens (including phenoxy) is 2. The molecule has 3 nitrogen and oxygen atoms in total. The van der Waals surface area contributed by atoms with Gasteiger partial charge in [-0.25, -0.2) is 0 Å². The van der Waals surface area contributed by atoms with Gasteiger partial charge in [-0.3, -0.25) is 4.79 Å². The van der Waals surface area contributed by atoms with Gasteiger partial charge in [-0.1, -0.05) is 23.2 Å². The van der Waals surface area contributed by atoms with Crippen molar-refractivity contribution in [2.45, 2.75) is 20.0 Å². The van der Waals surface area contributed by atoms with E-state index in [0.29, 0.717) is 5.56 Å². The summed E-state index contributed by atoms with van der Waals surface area (Å²) in [6.07, 6.45) is -0.135. The Morgan fingerprint density at radius 3 is 2.56 bits per heavy atom. The number of alkyl halides is 2. The Balaban J connectivity index is 2.94. The van der Waals surface area contributed by atoms with Crippen LogP contribution in [-0.2, 0) is 16.0 Å². The smallest absolute Gasteiger partial charge is 0.387 e. The first-order valence-corrected chi connectivity index (χ1v) is 5.78. The molecular formula is C11H10Cl2F2O3. The van der Waals surface area contributed by atoms with Crippen LogP contribution < -0.4 is 4.74 Å². The Bertz CT molecular complexity index is 439. The summed E-state index contributed by atoms with van der Waals surface area (Å²) in [7, 11) is 0. The molecule has 0 heterocycles. The van der Waals surface area contributed by atoms with E-state index >= 15 is 0 Å². The van der Waals surface area contributed by atoms with Crippen LogP contribution in [0.15, 0.2) is 12.1 Å². The van der Waals surface area contributed by atoms with Gasteiger partial charge in [0.05, 0.1) is 18.1 Å². The van der Waals surface area contributed by atoms with Crippen molar-refractivity contribution in [3.8, 4) is 5.75 Å². The summed E-state index contributed by atoms with van der Waals surface area (Å²) in [6, 6.07) is 2.45. The fraction of sp³-hybridized carbons (Fsp3) is 0.364. The maximum Gasteiger partial charge on any atom is 0.387 e. The van der Waals surface area contributed by atoms with Gasteiger partial charge in [-0.05, 0) is 24.6 Å². The second kappa shape index (κ2) is 6.75. The van der Waals surface area contributed by atoms with E-state index in [1.807, 2.05) is 0 Å². The third kappa shape index (κ3) is 4.31. The molecule has 7 heteroatoms. The average Bonchev–Trinajstić information content (AvgIpc) is 2.24. The van der Waals surface area contributed by atoms with E-state index in [1.165, 1.54) is 12.1 Å². The molecule has 0 saturated heterocycles. The molecule has 0 aliphatic rings. The lowest BCUT2D eigenvalue weighted by molar-refractivity contribution is -0.142. The van der Waals surface area contributed by atoms with Crippen LogP contribution in [0.4, 0.5) is 8.78 Å². The van der Waals surface area contributed by atoms with Crippen molar-refractivity contribution < 1.29 is 23.0 Å². The van der Waals surface area contributed by atoms with Crippen LogP contribution in [-0.4, -0.2) is 19.2 Å². The normalized spacial score (nSPS) is 10.6. The standard InChI is InChI=1S/C11H10Cl2F2O3/c1-2-17-10(16)4-6-3-9(18-11(14)15)8(13)5-7(6)12/h3,5,11H,2,4H2,1H3. The molecule has 0 unspecified atom stereocenters. The first kappa shape index (κ1) is 15.0. The predicted molar refractivity (Wildman–Crippen MR) is 63.4 cm³/mol. The number of rotatable bonds is 5. The molecule has 0 N–H and O–H groups in total. The molecular weight excluding hydrogens is 289 g/mol. The molecule has 1 aromatic rings. The largest absolute Gasteiger partial charge is 0.466 e. The fourth-order valence-corrected chi connectivity index (χ4v) is 1.76. The molecule has 1 aromatic carbocycles. The molecule has 0 amide bonds. The van der Waals surface area contributed by atoms with Crippen LogP contribution in [0.5, 0.6) is 5.75 Å². The van der Waals surface area contributed by atoms with Gasteiger partial charge in [0.1, 0.15) is 5.75 Å². The highest BCUT2D eigenvalue weighted by molar-refractivity contribution is 6.36. The molecule has 0 fully saturated rings. The van der Waals surface area contributed by atoms with Gasteiger partial charge < -0.3 is 9.47 Å². The minimum absolute atomic E-state index is 0.0482. The average molecular weight is 299 g/mol. The van der Waals surface area contributed by atoms with Crippen LogP contribution in [0.2, 0.25) is 10.0 Å². The van der Waals surface area contributed by atoms with Crippen LogP contribution in [0, 0.1) is 0 Å². The molecule has 18 heavy (non-hydrogen) atoms. The number of carbonyl (C=O) groups excluding carboxylic acids is 1. The number of hydrogen-bond acceptors (Lipinski definition) is 3. The van der Waals surface area contributed by atoms with Gasteiger partial charge in [-0.2, -0.15) is 8.78 Å². The van der Waals surface area contributed by atoms with E-state index in [2.05, 4.69) is 4.74 Å². The number of halogens is 4. The fourth-order valence-electron chi connectivity index (χ4n) is 1.26. The molecule has 0 aliphatic heterocycles. The third-order valence-electron chi connectivity index (χ3n) is 1.96. The first-order chi connectivity index (χ1) is 8.43. The lowest BCUT2D eigenvalue weighted by Gasteiger charge is -2.10. The quantitative estimate of drug-likeness (QED) is 0.778. The van der Waals surface area contributed by atoms with Crippen molar-refractivity contribution in [1.82, 2.24) is 0 Å². The minimum atomic E-state index is -3.00. The highest BCUT2D eigenvalue weighted by Crippen LogP contribution is 2.32. The molecule has 0 bridgehead atoms.